The van der Waals surface area contributed by atoms with E-state index >= 15 is 0 Å². The van der Waals surface area contributed by atoms with E-state index in [4.69, 9.17) is 9.15 Å². The second kappa shape index (κ2) is 9.75. The Morgan fingerprint density at radius 1 is 1.24 bits per heavy atom. The lowest BCUT2D eigenvalue weighted by Crippen LogP contribution is -2.19. The second-order valence-electron chi connectivity index (χ2n) is 7.18. The van der Waals surface area contributed by atoms with Crippen molar-refractivity contribution < 1.29 is 23.7 Å². The molecule has 4 rings (SSSR count). The Kier molecular flexibility index (Phi) is 6.60. The van der Waals surface area contributed by atoms with E-state index in [0.717, 1.165) is 17.3 Å². The number of hydrogen-bond acceptors (Lipinski definition) is 8. The first-order chi connectivity index (χ1) is 16.4. The molecule has 0 saturated carbocycles. The number of carbonyl (C=O) groups excluding carboxylic acids is 2. The van der Waals surface area contributed by atoms with Crippen LogP contribution >= 0.6 is 11.8 Å². The molecular formula is C24H19N3O6S. The summed E-state index contributed by atoms with van der Waals surface area (Å²) in [5, 5.41) is 14.8. The lowest BCUT2D eigenvalue weighted by Gasteiger charge is -2.04. The first-order valence-corrected chi connectivity index (χ1v) is 11.1. The Hall–Kier alpha value is -4.18. The van der Waals surface area contributed by atoms with E-state index in [0.29, 0.717) is 15.8 Å². The summed E-state index contributed by atoms with van der Waals surface area (Å²) in [5.74, 6) is -0.394. The molecule has 0 radical (unpaired) electrons. The van der Waals surface area contributed by atoms with Gasteiger partial charge in [-0.05, 0) is 61.5 Å². The fourth-order valence-corrected chi connectivity index (χ4v) is 4.03. The van der Waals surface area contributed by atoms with E-state index in [2.05, 4.69) is 10.3 Å². The van der Waals surface area contributed by atoms with Gasteiger partial charge < -0.3 is 14.5 Å². The van der Waals surface area contributed by atoms with Crippen molar-refractivity contribution in [2.75, 3.05) is 6.61 Å². The van der Waals surface area contributed by atoms with Crippen molar-refractivity contribution in [3.8, 4) is 11.3 Å². The maximum Gasteiger partial charge on any atom is 0.338 e. The van der Waals surface area contributed by atoms with Crippen LogP contribution in [0.1, 0.15) is 28.6 Å². The number of ether oxygens (including phenoxy) is 1. The van der Waals surface area contributed by atoms with Gasteiger partial charge in [-0.3, -0.25) is 14.9 Å². The largest absolute Gasteiger partial charge is 0.462 e. The first-order valence-electron chi connectivity index (χ1n) is 10.3. The van der Waals surface area contributed by atoms with Crippen molar-refractivity contribution in [2.24, 2.45) is 4.99 Å². The van der Waals surface area contributed by atoms with Crippen LogP contribution in [0.4, 0.5) is 11.4 Å². The van der Waals surface area contributed by atoms with Crippen LogP contribution < -0.4 is 5.32 Å². The van der Waals surface area contributed by atoms with Crippen LogP contribution in [0.25, 0.3) is 17.4 Å². The number of carbonyl (C=O) groups is 2. The van der Waals surface area contributed by atoms with E-state index < -0.39 is 10.9 Å². The smallest absolute Gasteiger partial charge is 0.338 e. The van der Waals surface area contributed by atoms with E-state index in [1.807, 2.05) is 31.2 Å². The van der Waals surface area contributed by atoms with Gasteiger partial charge in [-0.2, -0.15) is 0 Å². The van der Waals surface area contributed by atoms with Gasteiger partial charge in [0.25, 0.3) is 11.6 Å². The minimum absolute atomic E-state index is 0.0747. The quantitative estimate of drug-likeness (QED) is 0.223. The molecule has 1 N–H and O–H groups in total. The van der Waals surface area contributed by atoms with E-state index in [9.17, 15) is 19.7 Å². The van der Waals surface area contributed by atoms with Gasteiger partial charge in [0.2, 0.25) is 0 Å². The van der Waals surface area contributed by atoms with Crippen LogP contribution in [0.15, 0.2) is 68.9 Å². The highest BCUT2D eigenvalue weighted by molar-refractivity contribution is 8.18. The van der Waals surface area contributed by atoms with E-state index in [1.165, 1.54) is 23.9 Å². The third kappa shape index (κ3) is 4.91. The summed E-state index contributed by atoms with van der Waals surface area (Å²) in [4.78, 5) is 40.2. The third-order valence-corrected chi connectivity index (χ3v) is 5.77. The Bertz CT molecular complexity index is 1360. The van der Waals surface area contributed by atoms with Gasteiger partial charge >= 0.3 is 5.97 Å². The predicted molar refractivity (Wildman–Crippen MR) is 129 cm³/mol. The predicted octanol–water partition coefficient (Wildman–Crippen LogP) is 5.23. The molecule has 172 valence electrons. The number of furan rings is 1. The van der Waals surface area contributed by atoms with Crippen molar-refractivity contribution >= 4 is 46.3 Å². The molecule has 1 aliphatic heterocycles. The molecule has 0 unspecified atom stereocenters. The minimum Gasteiger partial charge on any atom is -0.462 e. The number of hydrogen-bond donors (Lipinski definition) is 1. The van der Waals surface area contributed by atoms with Gasteiger partial charge in [0.05, 0.1) is 33.2 Å². The Morgan fingerprint density at radius 2 is 2.03 bits per heavy atom. The SMILES string of the molecule is CCOC(=O)c1ccc(-c2ccc(/C=C3\SC(=Nc4ccccc4C)NC3=O)o2)c([N+](=O)[O-])c1. The van der Waals surface area contributed by atoms with Gasteiger partial charge in [-0.1, -0.05) is 18.2 Å². The Morgan fingerprint density at radius 3 is 2.76 bits per heavy atom. The summed E-state index contributed by atoms with van der Waals surface area (Å²) in [7, 11) is 0. The lowest BCUT2D eigenvalue weighted by atomic mass is 10.1. The van der Waals surface area contributed by atoms with Crippen molar-refractivity contribution in [3.05, 3.63) is 86.5 Å². The first kappa shape index (κ1) is 23.0. The zero-order valence-corrected chi connectivity index (χ0v) is 19.0. The highest BCUT2D eigenvalue weighted by atomic mass is 32.2. The molecule has 2 heterocycles. The highest BCUT2D eigenvalue weighted by Crippen LogP contribution is 2.34. The van der Waals surface area contributed by atoms with Gasteiger partial charge in [0, 0.05) is 12.1 Å². The van der Waals surface area contributed by atoms with Crippen LogP contribution in [-0.2, 0) is 9.53 Å². The van der Waals surface area contributed by atoms with Crippen LogP contribution in [0.3, 0.4) is 0 Å². The molecule has 34 heavy (non-hydrogen) atoms. The molecule has 9 nitrogen and oxygen atoms in total. The molecule has 1 fully saturated rings. The molecule has 1 amide bonds. The summed E-state index contributed by atoms with van der Waals surface area (Å²) in [6.45, 7) is 3.74. The molecular weight excluding hydrogens is 458 g/mol. The summed E-state index contributed by atoms with van der Waals surface area (Å²) in [5.41, 5.74) is 1.72. The molecule has 1 aliphatic rings. The number of amidine groups is 1. The standard InChI is InChI=1S/C24H19N3O6S/c1-3-32-23(29)15-8-10-17(19(12-15)27(30)31)20-11-9-16(33-20)13-21-22(28)26-24(34-21)25-18-7-5-4-6-14(18)2/h4-13H,3H2,1-2H3,(H,25,26,28)/b21-13-. The van der Waals surface area contributed by atoms with Crippen molar-refractivity contribution in [2.45, 2.75) is 13.8 Å². The molecule has 3 aromatic rings. The van der Waals surface area contributed by atoms with Gasteiger partial charge in [-0.25, -0.2) is 9.79 Å². The molecule has 0 atom stereocenters. The number of nitro benzene ring substituents is 1. The van der Waals surface area contributed by atoms with Gasteiger partial charge in [0.1, 0.15) is 11.5 Å². The molecule has 0 bridgehead atoms. The Balaban J connectivity index is 1.59. The number of amides is 1. The minimum atomic E-state index is -0.644. The fraction of sp³-hybridized carbons (Fsp3) is 0.125. The third-order valence-electron chi connectivity index (χ3n) is 4.86. The number of para-hydroxylation sites is 1. The van der Waals surface area contributed by atoms with Crippen molar-refractivity contribution in [1.82, 2.24) is 5.32 Å². The number of thioether (sulfide) groups is 1. The normalized spacial score (nSPS) is 15.5. The number of rotatable bonds is 6. The second-order valence-corrected chi connectivity index (χ2v) is 8.21. The zero-order valence-electron chi connectivity index (χ0n) is 18.2. The van der Waals surface area contributed by atoms with Crippen LogP contribution in [0, 0.1) is 17.0 Å². The van der Waals surface area contributed by atoms with Crippen LogP contribution in [0.2, 0.25) is 0 Å². The van der Waals surface area contributed by atoms with Crippen LogP contribution in [-0.4, -0.2) is 28.6 Å². The number of nitrogens with zero attached hydrogens (tertiary/aromatic N) is 2. The summed E-state index contributed by atoms with van der Waals surface area (Å²) < 4.78 is 10.7. The molecule has 1 saturated heterocycles. The maximum atomic E-state index is 12.4. The molecule has 0 aliphatic carbocycles. The number of nitro groups is 1. The molecule has 2 aromatic carbocycles. The monoisotopic (exact) mass is 477 g/mol. The van der Waals surface area contributed by atoms with Gasteiger partial charge in [-0.15, -0.1) is 0 Å². The zero-order chi connectivity index (χ0) is 24.2. The maximum absolute atomic E-state index is 12.4. The van der Waals surface area contributed by atoms with Crippen molar-refractivity contribution in [1.29, 1.82) is 0 Å². The molecule has 10 heteroatoms. The van der Waals surface area contributed by atoms with E-state index in [1.54, 1.807) is 25.1 Å². The number of nitrogens with one attached hydrogen (secondary N) is 1. The average molecular weight is 477 g/mol. The van der Waals surface area contributed by atoms with E-state index in [-0.39, 0.29) is 35.1 Å². The number of aliphatic imine (C=N–C) groups is 1. The topological polar surface area (TPSA) is 124 Å². The summed E-state index contributed by atoms with van der Waals surface area (Å²) >= 11 is 1.17. The fourth-order valence-electron chi connectivity index (χ4n) is 3.22. The summed E-state index contributed by atoms with van der Waals surface area (Å²) in [6, 6.07) is 14.8. The summed E-state index contributed by atoms with van der Waals surface area (Å²) in [6.07, 6.45) is 1.54. The van der Waals surface area contributed by atoms with Crippen LogP contribution in [0.5, 0.6) is 0 Å². The van der Waals surface area contributed by atoms with Gasteiger partial charge in [0.15, 0.2) is 5.17 Å². The molecule has 1 aromatic heterocycles. The Labute approximate surface area is 198 Å². The van der Waals surface area contributed by atoms with Crippen molar-refractivity contribution in [3.63, 3.8) is 0 Å². The number of esters is 1. The molecule has 0 spiro atoms. The highest BCUT2D eigenvalue weighted by Gasteiger charge is 2.25. The number of aryl methyl sites for hydroxylation is 1. The lowest BCUT2D eigenvalue weighted by molar-refractivity contribution is -0.384. The number of benzene rings is 2. The average Bonchev–Trinajstić information content (AvgIpc) is 3.41.